The van der Waals surface area contributed by atoms with Gasteiger partial charge in [-0.3, -0.25) is 4.90 Å². The van der Waals surface area contributed by atoms with Crippen LogP contribution in [0.2, 0.25) is 0 Å². The zero-order valence-corrected chi connectivity index (χ0v) is 14.7. The van der Waals surface area contributed by atoms with E-state index in [1.165, 1.54) is 0 Å². The molecule has 5 heteroatoms. The number of rotatable bonds is 11. The van der Waals surface area contributed by atoms with Gasteiger partial charge in [-0.25, -0.2) is 0 Å². The summed E-state index contributed by atoms with van der Waals surface area (Å²) in [6.45, 7) is 2.38. The van der Waals surface area contributed by atoms with Gasteiger partial charge in [-0.2, -0.15) is 0 Å². The van der Waals surface area contributed by atoms with Crippen molar-refractivity contribution < 1.29 is 19.7 Å². The maximum atomic E-state index is 10.2. The van der Waals surface area contributed by atoms with Gasteiger partial charge in [-0.15, -0.1) is 0 Å². The molecule has 0 radical (unpaired) electrons. The monoisotopic (exact) mass is 345 g/mol. The van der Waals surface area contributed by atoms with E-state index in [0.717, 1.165) is 16.9 Å². The third-order valence-electron chi connectivity index (χ3n) is 3.85. The van der Waals surface area contributed by atoms with Gasteiger partial charge in [0.05, 0.1) is 33.0 Å². The third-order valence-corrected chi connectivity index (χ3v) is 3.85. The Morgan fingerprint density at radius 1 is 1.04 bits per heavy atom. The fraction of sp³-hybridized carbons (Fsp3) is 0.400. The largest absolute Gasteiger partial charge is 0.497 e. The first-order chi connectivity index (χ1) is 12.2. The van der Waals surface area contributed by atoms with Gasteiger partial charge in [-0.1, -0.05) is 42.5 Å². The van der Waals surface area contributed by atoms with Crippen LogP contribution in [0.5, 0.6) is 5.75 Å². The van der Waals surface area contributed by atoms with E-state index < -0.39 is 6.10 Å². The standard InChI is InChI=1S/C20H27NO4/c1-24-20-9-5-8-18(12-20)15-25-16-19(23)14-21(10-11-22)13-17-6-3-2-4-7-17/h2-9,12,19,22-23H,10-11,13-16H2,1H3/t19-/m0/s1. The van der Waals surface area contributed by atoms with E-state index in [9.17, 15) is 10.2 Å². The van der Waals surface area contributed by atoms with Gasteiger partial charge in [0.25, 0.3) is 0 Å². The second-order valence-corrected chi connectivity index (χ2v) is 5.96. The maximum absolute atomic E-state index is 10.2. The van der Waals surface area contributed by atoms with Crippen molar-refractivity contribution in [1.82, 2.24) is 4.90 Å². The molecule has 0 unspecified atom stereocenters. The molecule has 0 fully saturated rings. The lowest BCUT2D eigenvalue weighted by atomic mass is 10.2. The number of hydrogen-bond donors (Lipinski definition) is 2. The predicted octanol–water partition coefficient (Wildman–Crippen LogP) is 2.07. The van der Waals surface area contributed by atoms with Crippen molar-refractivity contribution in [2.75, 3.05) is 33.4 Å². The van der Waals surface area contributed by atoms with Gasteiger partial charge in [0.1, 0.15) is 5.75 Å². The minimum absolute atomic E-state index is 0.0597. The van der Waals surface area contributed by atoms with Crippen LogP contribution in [0.4, 0.5) is 0 Å². The number of hydrogen-bond acceptors (Lipinski definition) is 5. The maximum Gasteiger partial charge on any atom is 0.119 e. The van der Waals surface area contributed by atoms with Gasteiger partial charge < -0.3 is 19.7 Å². The lowest BCUT2D eigenvalue weighted by Gasteiger charge is -2.24. The van der Waals surface area contributed by atoms with Crippen molar-refractivity contribution in [3.63, 3.8) is 0 Å². The van der Waals surface area contributed by atoms with Crippen LogP contribution in [0.1, 0.15) is 11.1 Å². The highest BCUT2D eigenvalue weighted by atomic mass is 16.5. The summed E-state index contributed by atoms with van der Waals surface area (Å²) >= 11 is 0. The summed E-state index contributed by atoms with van der Waals surface area (Å²) in [7, 11) is 1.63. The van der Waals surface area contributed by atoms with Gasteiger partial charge in [0, 0.05) is 19.6 Å². The van der Waals surface area contributed by atoms with E-state index in [4.69, 9.17) is 9.47 Å². The molecule has 0 saturated heterocycles. The van der Waals surface area contributed by atoms with Crippen molar-refractivity contribution in [3.8, 4) is 5.75 Å². The second-order valence-electron chi connectivity index (χ2n) is 5.96. The summed E-state index contributed by atoms with van der Waals surface area (Å²) in [5.41, 5.74) is 2.16. The highest BCUT2D eigenvalue weighted by Gasteiger charge is 2.12. The SMILES string of the molecule is COc1cccc(COC[C@@H](O)CN(CCO)Cc2ccccc2)c1. The first-order valence-corrected chi connectivity index (χ1v) is 8.47. The smallest absolute Gasteiger partial charge is 0.119 e. The molecule has 0 aliphatic heterocycles. The van der Waals surface area contributed by atoms with E-state index in [1.807, 2.05) is 59.5 Å². The molecule has 0 aliphatic carbocycles. The molecule has 0 heterocycles. The van der Waals surface area contributed by atoms with E-state index in [1.54, 1.807) is 7.11 Å². The van der Waals surface area contributed by atoms with Crippen LogP contribution in [0.15, 0.2) is 54.6 Å². The lowest BCUT2D eigenvalue weighted by Crippen LogP contribution is -2.36. The lowest BCUT2D eigenvalue weighted by molar-refractivity contribution is 0.00616. The Bertz CT molecular complexity index is 606. The summed E-state index contributed by atoms with van der Waals surface area (Å²) in [4.78, 5) is 2.02. The molecule has 1 atom stereocenters. The Labute approximate surface area is 149 Å². The number of methoxy groups -OCH3 is 1. The molecule has 0 spiro atoms. The minimum atomic E-state index is -0.610. The van der Waals surface area contributed by atoms with Crippen LogP contribution < -0.4 is 4.74 Å². The van der Waals surface area contributed by atoms with Crippen molar-refractivity contribution in [1.29, 1.82) is 0 Å². The first kappa shape index (κ1) is 19.4. The van der Waals surface area contributed by atoms with Crippen molar-refractivity contribution >= 4 is 0 Å². The normalized spacial score (nSPS) is 12.3. The zero-order valence-electron chi connectivity index (χ0n) is 14.7. The second kappa shape index (κ2) is 10.8. The molecule has 2 rings (SSSR count). The molecule has 0 bridgehead atoms. The Kier molecular flexibility index (Phi) is 8.42. The van der Waals surface area contributed by atoms with Crippen LogP contribution in [-0.2, 0) is 17.9 Å². The predicted molar refractivity (Wildman–Crippen MR) is 97.5 cm³/mol. The molecule has 5 nitrogen and oxygen atoms in total. The van der Waals surface area contributed by atoms with Gasteiger partial charge in [0.2, 0.25) is 0 Å². The molecule has 0 amide bonds. The van der Waals surface area contributed by atoms with Gasteiger partial charge in [0.15, 0.2) is 0 Å². The van der Waals surface area contributed by atoms with Gasteiger partial charge in [-0.05, 0) is 23.3 Å². The fourth-order valence-corrected chi connectivity index (χ4v) is 2.64. The highest BCUT2D eigenvalue weighted by molar-refractivity contribution is 5.27. The Balaban J connectivity index is 1.77. The number of aliphatic hydroxyl groups is 2. The molecule has 0 aliphatic rings. The van der Waals surface area contributed by atoms with Crippen molar-refractivity contribution in [3.05, 3.63) is 65.7 Å². The molecular formula is C20H27NO4. The van der Waals surface area contributed by atoms with Crippen LogP contribution in [0, 0.1) is 0 Å². The summed E-state index contributed by atoms with van der Waals surface area (Å²) in [5, 5.41) is 19.5. The van der Waals surface area contributed by atoms with Crippen LogP contribution >= 0.6 is 0 Å². The zero-order chi connectivity index (χ0) is 17.9. The third kappa shape index (κ3) is 7.23. The number of ether oxygens (including phenoxy) is 2. The summed E-state index contributed by atoms with van der Waals surface area (Å²) in [5.74, 6) is 0.790. The average molecular weight is 345 g/mol. The number of aliphatic hydroxyl groups excluding tert-OH is 2. The van der Waals surface area contributed by atoms with E-state index in [-0.39, 0.29) is 13.2 Å². The quantitative estimate of drug-likeness (QED) is 0.653. The van der Waals surface area contributed by atoms with Crippen LogP contribution in [0.25, 0.3) is 0 Å². The summed E-state index contributed by atoms with van der Waals surface area (Å²) in [6, 6.07) is 17.7. The molecule has 0 saturated carbocycles. The molecule has 2 aromatic carbocycles. The van der Waals surface area contributed by atoms with Crippen molar-refractivity contribution in [2.24, 2.45) is 0 Å². The Morgan fingerprint density at radius 3 is 2.52 bits per heavy atom. The molecule has 2 N–H and O–H groups in total. The molecule has 136 valence electrons. The number of benzene rings is 2. The highest BCUT2D eigenvalue weighted by Crippen LogP contribution is 2.13. The first-order valence-electron chi connectivity index (χ1n) is 8.47. The van der Waals surface area contributed by atoms with Gasteiger partial charge >= 0.3 is 0 Å². The molecule has 25 heavy (non-hydrogen) atoms. The van der Waals surface area contributed by atoms with Crippen LogP contribution in [0.3, 0.4) is 0 Å². The Morgan fingerprint density at radius 2 is 1.80 bits per heavy atom. The fourth-order valence-electron chi connectivity index (χ4n) is 2.64. The molecule has 2 aromatic rings. The van der Waals surface area contributed by atoms with Crippen molar-refractivity contribution in [2.45, 2.75) is 19.3 Å². The summed E-state index contributed by atoms with van der Waals surface area (Å²) in [6.07, 6.45) is -0.610. The topological polar surface area (TPSA) is 62.2 Å². The minimum Gasteiger partial charge on any atom is -0.497 e. The van der Waals surface area contributed by atoms with E-state index in [0.29, 0.717) is 26.2 Å². The number of nitrogens with zero attached hydrogens (tertiary/aromatic N) is 1. The summed E-state index contributed by atoms with van der Waals surface area (Å²) < 4.78 is 10.8. The Hall–Kier alpha value is -1.92. The van der Waals surface area contributed by atoms with E-state index in [2.05, 4.69) is 0 Å². The molecular weight excluding hydrogens is 318 g/mol. The molecule has 0 aromatic heterocycles. The van der Waals surface area contributed by atoms with Crippen LogP contribution in [-0.4, -0.2) is 54.6 Å². The van der Waals surface area contributed by atoms with E-state index >= 15 is 0 Å². The average Bonchev–Trinajstić information content (AvgIpc) is 2.63.